The molecule has 0 atom stereocenters. The summed E-state index contributed by atoms with van der Waals surface area (Å²) < 4.78 is 0. The first-order chi connectivity index (χ1) is 12.6. The predicted octanol–water partition coefficient (Wildman–Crippen LogP) is 3.10. The van der Waals surface area contributed by atoms with E-state index in [0.29, 0.717) is 11.5 Å². The lowest BCUT2D eigenvalue weighted by atomic mass is 10.1. The van der Waals surface area contributed by atoms with Gasteiger partial charge in [-0.25, -0.2) is 9.78 Å². The first kappa shape index (κ1) is 16.2. The number of benzene rings is 2. The molecule has 0 radical (unpaired) electrons. The van der Waals surface area contributed by atoms with Gasteiger partial charge in [0.25, 0.3) is 11.8 Å². The highest BCUT2D eigenvalue weighted by molar-refractivity contribution is 7.09. The summed E-state index contributed by atoms with van der Waals surface area (Å²) in [5.74, 6) is -2.15. The number of nitrogens with zero attached hydrogens (tertiary/aromatic N) is 2. The normalized spacial score (nSPS) is 13.0. The van der Waals surface area contributed by atoms with Crippen LogP contribution in [0.15, 0.2) is 60.0 Å². The smallest absolute Gasteiger partial charge is 0.322 e. The van der Waals surface area contributed by atoms with Crippen molar-refractivity contribution in [2.24, 2.45) is 0 Å². The molecule has 26 heavy (non-hydrogen) atoms. The fourth-order valence-corrected chi connectivity index (χ4v) is 3.43. The van der Waals surface area contributed by atoms with Crippen LogP contribution < -0.4 is 0 Å². The van der Waals surface area contributed by atoms with Crippen LogP contribution in [0.2, 0.25) is 0 Å². The average molecular weight is 364 g/mol. The minimum Gasteiger partial charge on any atom is -0.322 e. The maximum atomic E-state index is 12.3. The summed E-state index contributed by atoms with van der Waals surface area (Å²) >= 11 is 1.32. The Hall–Kier alpha value is -3.32. The molecular weight excluding hydrogens is 352 g/mol. The lowest BCUT2D eigenvalue weighted by Gasteiger charge is -2.11. The number of carbonyl (C=O) groups is 3. The Labute approximate surface area is 152 Å². The van der Waals surface area contributed by atoms with Gasteiger partial charge in [-0.1, -0.05) is 47.5 Å². The van der Waals surface area contributed by atoms with Gasteiger partial charge >= 0.3 is 5.97 Å². The van der Waals surface area contributed by atoms with Crippen molar-refractivity contribution < 1.29 is 19.2 Å². The van der Waals surface area contributed by atoms with Crippen molar-refractivity contribution in [3.63, 3.8) is 0 Å². The van der Waals surface area contributed by atoms with E-state index < -0.39 is 17.8 Å². The Morgan fingerprint density at radius 1 is 0.962 bits per heavy atom. The molecule has 0 N–H and O–H groups in total. The van der Waals surface area contributed by atoms with E-state index in [1.165, 1.54) is 23.5 Å². The zero-order valence-electron chi connectivity index (χ0n) is 13.4. The van der Waals surface area contributed by atoms with E-state index in [4.69, 9.17) is 4.84 Å². The molecule has 7 heteroatoms. The molecule has 6 nitrogen and oxygen atoms in total. The van der Waals surface area contributed by atoms with E-state index >= 15 is 0 Å². The second-order valence-corrected chi connectivity index (χ2v) is 6.56. The van der Waals surface area contributed by atoms with E-state index in [1.807, 2.05) is 30.3 Å². The quantitative estimate of drug-likeness (QED) is 0.665. The summed E-state index contributed by atoms with van der Waals surface area (Å²) in [5.41, 5.74) is 1.57. The Morgan fingerprint density at radius 2 is 1.58 bits per heavy atom. The maximum Gasteiger partial charge on any atom is 0.383 e. The third-order valence-corrected chi connectivity index (χ3v) is 4.74. The molecule has 2 aromatic carbocycles. The van der Waals surface area contributed by atoms with E-state index in [9.17, 15) is 14.4 Å². The molecule has 0 bridgehead atoms. The van der Waals surface area contributed by atoms with Crippen LogP contribution in [0.4, 0.5) is 0 Å². The molecule has 1 aliphatic rings. The highest BCUT2D eigenvalue weighted by Crippen LogP contribution is 2.23. The van der Waals surface area contributed by atoms with Crippen LogP contribution in [0.5, 0.6) is 0 Å². The summed E-state index contributed by atoms with van der Waals surface area (Å²) in [4.78, 5) is 46.0. The van der Waals surface area contributed by atoms with Crippen molar-refractivity contribution in [2.75, 3.05) is 0 Å². The Morgan fingerprint density at radius 3 is 2.23 bits per heavy atom. The van der Waals surface area contributed by atoms with E-state index in [0.717, 1.165) is 10.6 Å². The number of hydrogen-bond donors (Lipinski definition) is 0. The SMILES string of the molecule is O=C(ON1C(=O)c2ccccc2C1=O)c1csc(Cc2ccccc2)n1. The Balaban J connectivity index is 1.48. The molecule has 4 rings (SSSR count). The van der Waals surface area contributed by atoms with Gasteiger partial charge in [0, 0.05) is 11.8 Å². The van der Waals surface area contributed by atoms with Gasteiger partial charge in [0.05, 0.1) is 16.1 Å². The Kier molecular flexibility index (Phi) is 4.06. The predicted molar refractivity (Wildman–Crippen MR) is 93.7 cm³/mol. The van der Waals surface area contributed by atoms with Crippen LogP contribution in [0.3, 0.4) is 0 Å². The third-order valence-electron chi connectivity index (χ3n) is 3.89. The number of rotatable bonds is 4. The highest BCUT2D eigenvalue weighted by atomic mass is 32.1. The van der Waals surface area contributed by atoms with Crippen molar-refractivity contribution >= 4 is 29.1 Å². The summed E-state index contributed by atoms with van der Waals surface area (Å²) in [7, 11) is 0. The zero-order valence-corrected chi connectivity index (χ0v) is 14.2. The number of fused-ring (bicyclic) bond motifs is 1. The second-order valence-electron chi connectivity index (χ2n) is 5.62. The minimum atomic E-state index is -0.838. The number of imide groups is 1. The molecule has 3 aromatic rings. The summed E-state index contributed by atoms with van der Waals surface area (Å²) in [6.07, 6.45) is 0.589. The second kappa shape index (κ2) is 6.53. The van der Waals surface area contributed by atoms with Crippen LogP contribution in [-0.2, 0) is 11.3 Å². The molecule has 0 spiro atoms. The average Bonchev–Trinajstić information content (AvgIpc) is 3.22. The van der Waals surface area contributed by atoms with E-state index in [1.54, 1.807) is 17.5 Å². The van der Waals surface area contributed by atoms with Gasteiger partial charge in [0.15, 0.2) is 5.69 Å². The topological polar surface area (TPSA) is 76.6 Å². The van der Waals surface area contributed by atoms with Gasteiger partial charge in [-0.15, -0.1) is 11.3 Å². The molecule has 128 valence electrons. The Bertz CT molecular complexity index is 978. The minimum absolute atomic E-state index is 0.0671. The standard InChI is InChI=1S/C19H12N2O4S/c22-17-13-8-4-5-9-14(13)18(23)21(17)25-19(24)15-11-26-16(20-15)10-12-6-2-1-3-7-12/h1-9,11H,10H2. The van der Waals surface area contributed by atoms with Gasteiger partial charge in [0.1, 0.15) is 0 Å². The highest BCUT2D eigenvalue weighted by Gasteiger charge is 2.39. The summed E-state index contributed by atoms with van der Waals surface area (Å²) in [6.45, 7) is 0. The molecule has 2 heterocycles. The fourth-order valence-electron chi connectivity index (χ4n) is 2.64. The molecule has 0 saturated carbocycles. The first-order valence-electron chi connectivity index (χ1n) is 7.82. The lowest BCUT2D eigenvalue weighted by Crippen LogP contribution is -2.32. The molecule has 1 aromatic heterocycles. The van der Waals surface area contributed by atoms with Crippen molar-refractivity contribution in [2.45, 2.75) is 6.42 Å². The third kappa shape index (κ3) is 2.89. The van der Waals surface area contributed by atoms with E-state index in [-0.39, 0.29) is 16.8 Å². The molecule has 0 aliphatic carbocycles. The summed E-state index contributed by atoms with van der Waals surface area (Å²) in [5, 5.41) is 2.78. The fraction of sp³-hybridized carbons (Fsp3) is 0.0526. The van der Waals surface area contributed by atoms with Gasteiger partial charge in [-0.3, -0.25) is 9.59 Å². The molecule has 1 aliphatic heterocycles. The molecule has 2 amide bonds. The van der Waals surface area contributed by atoms with Crippen molar-refractivity contribution in [3.05, 3.63) is 87.4 Å². The van der Waals surface area contributed by atoms with Crippen LogP contribution in [0.1, 0.15) is 41.8 Å². The van der Waals surface area contributed by atoms with Gasteiger partial charge < -0.3 is 4.84 Å². The van der Waals surface area contributed by atoms with Gasteiger partial charge in [0.2, 0.25) is 0 Å². The van der Waals surface area contributed by atoms with Crippen molar-refractivity contribution in [3.8, 4) is 0 Å². The van der Waals surface area contributed by atoms with Gasteiger partial charge in [-0.05, 0) is 17.7 Å². The number of hydroxylamine groups is 2. The monoisotopic (exact) mass is 364 g/mol. The molecule has 0 fully saturated rings. The van der Waals surface area contributed by atoms with Gasteiger partial charge in [-0.2, -0.15) is 0 Å². The van der Waals surface area contributed by atoms with Crippen LogP contribution >= 0.6 is 11.3 Å². The number of hydrogen-bond acceptors (Lipinski definition) is 6. The number of amides is 2. The van der Waals surface area contributed by atoms with Crippen LogP contribution in [0.25, 0.3) is 0 Å². The summed E-state index contributed by atoms with van der Waals surface area (Å²) in [6, 6.07) is 16.1. The molecular formula is C19H12N2O4S. The zero-order chi connectivity index (χ0) is 18.1. The lowest BCUT2D eigenvalue weighted by molar-refractivity contribution is -0.0588. The van der Waals surface area contributed by atoms with Crippen molar-refractivity contribution in [1.82, 2.24) is 10.0 Å². The van der Waals surface area contributed by atoms with Crippen LogP contribution in [-0.4, -0.2) is 27.8 Å². The van der Waals surface area contributed by atoms with Crippen LogP contribution in [0, 0.1) is 0 Å². The number of carbonyl (C=O) groups excluding carboxylic acids is 3. The van der Waals surface area contributed by atoms with E-state index in [2.05, 4.69) is 4.98 Å². The molecule has 0 saturated heterocycles. The first-order valence-corrected chi connectivity index (χ1v) is 8.70. The number of thiazole rings is 1. The molecule has 0 unspecified atom stereocenters. The largest absolute Gasteiger partial charge is 0.383 e. The number of aromatic nitrogens is 1. The van der Waals surface area contributed by atoms with Crippen molar-refractivity contribution in [1.29, 1.82) is 0 Å². The maximum absolute atomic E-state index is 12.3.